The van der Waals surface area contributed by atoms with Crippen LogP contribution >= 0.6 is 0 Å². The average molecular weight is 203 g/mol. The predicted octanol–water partition coefficient (Wildman–Crippen LogP) is -0.469. The van der Waals surface area contributed by atoms with Crippen LogP contribution in [0.5, 0.6) is 0 Å². The van der Waals surface area contributed by atoms with Crippen LogP contribution in [0.1, 0.15) is 19.3 Å². The summed E-state index contributed by atoms with van der Waals surface area (Å²) < 4.78 is 4.38. The first-order valence-corrected chi connectivity index (χ1v) is 4.11. The van der Waals surface area contributed by atoms with Crippen molar-refractivity contribution < 1.29 is 24.2 Å². The van der Waals surface area contributed by atoms with Crippen LogP contribution in [0, 0.1) is 0 Å². The van der Waals surface area contributed by atoms with E-state index in [2.05, 4.69) is 10.1 Å². The Morgan fingerprint density at radius 3 is 2.50 bits per heavy atom. The van der Waals surface area contributed by atoms with Crippen molar-refractivity contribution in [2.75, 3.05) is 13.7 Å². The number of hydrogen-bond acceptors (Lipinski definition) is 4. The third kappa shape index (κ3) is 7.08. The molecule has 0 saturated carbocycles. The zero-order chi connectivity index (χ0) is 11.0. The maximum Gasteiger partial charge on any atom is 0.312 e. The number of hydrogen-bond donors (Lipinski definition) is 2. The number of carboxylic acids is 1. The predicted molar refractivity (Wildman–Crippen MR) is 46.5 cm³/mol. The molecule has 80 valence electrons. The molecule has 0 aromatic heterocycles. The Kier molecular flexibility index (Phi) is 6.09. The fourth-order valence-corrected chi connectivity index (χ4v) is 0.762. The lowest BCUT2D eigenvalue weighted by Gasteiger charge is -2.02. The molecule has 0 spiro atoms. The molecule has 0 rings (SSSR count). The summed E-state index contributed by atoms with van der Waals surface area (Å²) in [6.45, 7) is 0.279. The van der Waals surface area contributed by atoms with E-state index in [0.717, 1.165) is 0 Å². The van der Waals surface area contributed by atoms with Crippen molar-refractivity contribution in [3.05, 3.63) is 0 Å². The lowest BCUT2D eigenvalue weighted by atomic mass is 10.3. The quantitative estimate of drug-likeness (QED) is 0.346. The number of esters is 1. The number of carbonyl (C=O) groups excluding carboxylic acids is 2. The minimum Gasteiger partial charge on any atom is -0.481 e. The zero-order valence-electron chi connectivity index (χ0n) is 7.91. The van der Waals surface area contributed by atoms with Crippen LogP contribution in [0.3, 0.4) is 0 Å². The number of rotatable bonds is 6. The van der Waals surface area contributed by atoms with Gasteiger partial charge in [0.25, 0.3) is 0 Å². The summed E-state index contributed by atoms with van der Waals surface area (Å²) in [5.41, 5.74) is 0. The van der Waals surface area contributed by atoms with Crippen LogP contribution in [0.2, 0.25) is 0 Å². The maximum absolute atomic E-state index is 10.8. The summed E-state index contributed by atoms with van der Waals surface area (Å²) in [5.74, 6) is -2.07. The number of methoxy groups -OCH3 is 1. The molecule has 0 fully saturated rings. The Morgan fingerprint density at radius 1 is 1.36 bits per heavy atom. The summed E-state index contributed by atoms with van der Waals surface area (Å²) in [7, 11) is 1.28. The van der Waals surface area contributed by atoms with Gasteiger partial charge in [0.05, 0.1) is 7.11 Å². The van der Waals surface area contributed by atoms with Crippen molar-refractivity contribution in [1.82, 2.24) is 5.32 Å². The summed E-state index contributed by atoms with van der Waals surface area (Å²) in [4.78, 5) is 31.4. The van der Waals surface area contributed by atoms with Gasteiger partial charge in [-0.15, -0.1) is 0 Å². The monoisotopic (exact) mass is 203 g/mol. The first-order chi connectivity index (χ1) is 6.56. The highest BCUT2D eigenvalue weighted by molar-refractivity contribution is 5.93. The van der Waals surface area contributed by atoms with Gasteiger partial charge in [-0.25, -0.2) is 0 Å². The molecule has 0 aliphatic rings. The molecular weight excluding hydrogens is 190 g/mol. The van der Waals surface area contributed by atoms with E-state index in [0.29, 0.717) is 6.42 Å². The number of aliphatic carboxylic acids is 1. The molecule has 0 bridgehead atoms. The Balaban J connectivity index is 3.40. The Morgan fingerprint density at radius 2 is 2.00 bits per heavy atom. The highest BCUT2D eigenvalue weighted by Crippen LogP contribution is 1.90. The Labute approximate surface area is 81.2 Å². The number of amides is 1. The lowest BCUT2D eigenvalue weighted by Crippen LogP contribution is -2.26. The number of nitrogens with one attached hydrogen (secondary N) is 1. The standard InChI is InChI=1S/C8H13NO5/c1-14-8(13)3-2-4-9-6(10)5-7(11)12/h2-5H2,1H3,(H,9,10)(H,11,12). The molecule has 6 heteroatoms. The first-order valence-electron chi connectivity index (χ1n) is 4.11. The minimum absolute atomic E-state index is 0.212. The molecule has 0 radical (unpaired) electrons. The van der Waals surface area contributed by atoms with Gasteiger partial charge >= 0.3 is 11.9 Å². The van der Waals surface area contributed by atoms with Crippen molar-refractivity contribution in [3.8, 4) is 0 Å². The van der Waals surface area contributed by atoms with Crippen molar-refractivity contribution in [3.63, 3.8) is 0 Å². The van der Waals surface area contributed by atoms with E-state index >= 15 is 0 Å². The third-order valence-corrected chi connectivity index (χ3v) is 1.42. The van der Waals surface area contributed by atoms with E-state index in [1.54, 1.807) is 0 Å². The maximum atomic E-state index is 10.8. The Bertz CT molecular complexity index is 226. The fourth-order valence-electron chi connectivity index (χ4n) is 0.762. The second-order valence-electron chi connectivity index (χ2n) is 2.60. The number of carboxylic acid groups (broad SMARTS) is 1. The summed E-state index contributed by atoms with van der Waals surface area (Å²) in [5, 5.41) is 10.6. The van der Waals surface area contributed by atoms with Gasteiger partial charge in [-0.3, -0.25) is 14.4 Å². The molecule has 0 aliphatic heterocycles. The largest absolute Gasteiger partial charge is 0.481 e. The van der Waals surface area contributed by atoms with E-state index < -0.39 is 18.3 Å². The fraction of sp³-hybridized carbons (Fsp3) is 0.625. The third-order valence-electron chi connectivity index (χ3n) is 1.42. The van der Waals surface area contributed by atoms with Crippen molar-refractivity contribution in [1.29, 1.82) is 0 Å². The topological polar surface area (TPSA) is 92.7 Å². The molecule has 2 N–H and O–H groups in total. The van der Waals surface area contributed by atoms with E-state index in [1.165, 1.54) is 7.11 Å². The summed E-state index contributed by atoms with van der Waals surface area (Å²) in [6.07, 6.45) is 0.111. The van der Waals surface area contributed by atoms with Crippen LogP contribution in [0.4, 0.5) is 0 Å². The van der Waals surface area contributed by atoms with Gasteiger partial charge in [0.2, 0.25) is 5.91 Å². The molecule has 0 aromatic carbocycles. The van der Waals surface area contributed by atoms with Crippen LogP contribution in [-0.4, -0.2) is 36.6 Å². The van der Waals surface area contributed by atoms with E-state index in [1.807, 2.05) is 0 Å². The Hall–Kier alpha value is -1.59. The molecule has 0 saturated heterocycles. The second-order valence-corrected chi connectivity index (χ2v) is 2.60. The van der Waals surface area contributed by atoms with Gasteiger partial charge in [0.1, 0.15) is 6.42 Å². The number of ether oxygens (including phenoxy) is 1. The molecule has 0 heterocycles. The zero-order valence-corrected chi connectivity index (χ0v) is 7.91. The average Bonchev–Trinajstić information content (AvgIpc) is 2.10. The molecule has 1 amide bonds. The van der Waals surface area contributed by atoms with Crippen LogP contribution < -0.4 is 5.32 Å². The molecule has 6 nitrogen and oxygen atoms in total. The van der Waals surface area contributed by atoms with Crippen molar-refractivity contribution in [2.24, 2.45) is 0 Å². The number of carbonyl (C=O) groups is 3. The summed E-state index contributed by atoms with van der Waals surface area (Å²) in [6, 6.07) is 0. The second kappa shape index (κ2) is 6.88. The van der Waals surface area contributed by atoms with Gasteiger partial charge < -0.3 is 15.2 Å². The van der Waals surface area contributed by atoms with Crippen molar-refractivity contribution >= 4 is 17.8 Å². The smallest absolute Gasteiger partial charge is 0.312 e. The molecule has 0 aromatic rings. The summed E-state index contributed by atoms with van der Waals surface area (Å²) >= 11 is 0. The normalized spacial score (nSPS) is 9.21. The molecular formula is C8H13NO5. The van der Waals surface area contributed by atoms with Crippen LogP contribution in [0.25, 0.3) is 0 Å². The highest BCUT2D eigenvalue weighted by Gasteiger charge is 2.06. The highest BCUT2D eigenvalue weighted by atomic mass is 16.5. The van der Waals surface area contributed by atoms with Gasteiger partial charge in [-0.05, 0) is 6.42 Å². The van der Waals surface area contributed by atoms with E-state index in [9.17, 15) is 14.4 Å². The van der Waals surface area contributed by atoms with Crippen molar-refractivity contribution in [2.45, 2.75) is 19.3 Å². The van der Waals surface area contributed by atoms with Crippen LogP contribution in [-0.2, 0) is 19.1 Å². The van der Waals surface area contributed by atoms with E-state index in [4.69, 9.17) is 5.11 Å². The lowest BCUT2D eigenvalue weighted by molar-refractivity contribution is -0.142. The van der Waals surface area contributed by atoms with Gasteiger partial charge in [-0.2, -0.15) is 0 Å². The first kappa shape index (κ1) is 12.4. The van der Waals surface area contributed by atoms with Gasteiger partial charge in [-0.1, -0.05) is 0 Å². The van der Waals surface area contributed by atoms with Gasteiger partial charge in [0, 0.05) is 13.0 Å². The molecule has 0 unspecified atom stereocenters. The van der Waals surface area contributed by atoms with Gasteiger partial charge in [0.15, 0.2) is 0 Å². The van der Waals surface area contributed by atoms with E-state index in [-0.39, 0.29) is 18.9 Å². The molecule has 0 atom stereocenters. The molecule has 14 heavy (non-hydrogen) atoms. The SMILES string of the molecule is COC(=O)CCCNC(=O)CC(=O)O. The molecule has 0 aliphatic carbocycles. The van der Waals surface area contributed by atoms with Crippen LogP contribution in [0.15, 0.2) is 0 Å². The minimum atomic E-state index is -1.17.